The van der Waals surface area contributed by atoms with Gasteiger partial charge in [-0.2, -0.15) is 0 Å². The predicted molar refractivity (Wildman–Crippen MR) is 151 cm³/mol. The maximum Gasteiger partial charge on any atom is 0.313 e. The van der Waals surface area contributed by atoms with Crippen LogP contribution in [0, 0.1) is 18.8 Å². The van der Waals surface area contributed by atoms with Crippen molar-refractivity contribution in [3.8, 4) is 0 Å². The smallest absolute Gasteiger partial charge is 0.313 e. The van der Waals surface area contributed by atoms with E-state index < -0.39 is 41.7 Å². The summed E-state index contributed by atoms with van der Waals surface area (Å²) in [6, 6.07) is 4.31. The van der Waals surface area contributed by atoms with Crippen molar-refractivity contribution in [3.05, 3.63) is 53.1 Å². The number of para-hydroxylation sites is 1. The number of hydrogen-bond acceptors (Lipinski definition) is 7. The average Bonchev–Trinajstić information content (AvgIpc) is 3.57. The number of aliphatic hydroxyl groups excluding tert-OH is 1. The number of amides is 3. The van der Waals surface area contributed by atoms with Crippen LogP contribution >= 0.6 is 11.6 Å². The normalized spacial score (nSPS) is 32.7. The van der Waals surface area contributed by atoms with Gasteiger partial charge < -0.3 is 29.7 Å². The van der Waals surface area contributed by atoms with Crippen molar-refractivity contribution in [1.29, 1.82) is 0 Å². The summed E-state index contributed by atoms with van der Waals surface area (Å²) >= 11 is 6.65. The summed E-state index contributed by atoms with van der Waals surface area (Å²) < 4.78 is 12.1. The maximum absolute atomic E-state index is 14.7. The number of anilines is 1. The minimum atomic E-state index is -1.36. The average molecular weight is 586 g/mol. The fourth-order valence-corrected chi connectivity index (χ4v) is 6.76. The van der Waals surface area contributed by atoms with Crippen molar-refractivity contribution in [2.24, 2.45) is 11.8 Å². The molecule has 10 nitrogen and oxygen atoms in total. The van der Waals surface area contributed by atoms with Crippen molar-refractivity contribution >= 4 is 41.0 Å². The molecule has 3 amide bonds. The lowest BCUT2D eigenvalue weighted by Gasteiger charge is -2.36. The second-order valence-corrected chi connectivity index (χ2v) is 11.5. The number of allylic oxidation sites excluding steroid dienone is 1. The largest absolute Gasteiger partial charge is 0.460 e. The number of cyclic esters (lactones) is 1. The molecule has 0 unspecified atom stereocenters. The zero-order valence-corrected chi connectivity index (χ0v) is 24.0. The van der Waals surface area contributed by atoms with E-state index >= 15 is 0 Å². The third kappa shape index (κ3) is 5.29. The molecule has 220 valence electrons. The van der Waals surface area contributed by atoms with Crippen LogP contribution in [0.5, 0.6) is 0 Å². The van der Waals surface area contributed by atoms with Gasteiger partial charge in [0.15, 0.2) is 0 Å². The Morgan fingerprint density at radius 1 is 1.15 bits per heavy atom. The number of carbonyl (C=O) groups excluding carboxylic acids is 4. The molecular formula is C30H36ClN3O7. The number of ether oxygens (including phenoxy) is 2. The number of esters is 1. The molecule has 0 radical (unpaired) electrons. The molecule has 5 rings (SSSR count). The Kier molecular flexibility index (Phi) is 8.54. The van der Waals surface area contributed by atoms with E-state index in [0.29, 0.717) is 30.0 Å². The van der Waals surface area contributed by atoms with Crippen LogP contribution in [0.25, 0.3) is 0 Å². The number of fused-ring (bicyclic) bond motifs is 2. The quantitative estimate of drug-likeness (QED) is 0.309. The molecule has 1 aromatic carbocycles. The van der Waals surface area contributed by atoms with Crippen LogP contribution in [-0.4, -0.2) is 83.8 Å². The molecule has 0 aliphatic carbocycles. The Hall–Kier alpha value is -3.21. The molecule has 5 bridgehead atoms. The summed E-state index contributed by atoms with van der Waals surface area (Å²) in [6.07, 6.45) is 7.40. The van der Waals surface area contributed by atoms with Gasteiger partial charge in [-0.05, 0) is 44.7 Å². The van der Waals surface area contributed by atoms with Crippen molar-refractivity contribution in [2.45, 2.75) is 63.4 Å². The summed E-state index contributed by atoms with van der Waals surface area (Å²) in [5.74, 6) is -3.42. The number of nitrogens with zero attached hydrogens (tertiary/aromatic N) is 2. The predicted octanol–water partition coefficient (Wildman–Crippen LogP) is 2.30. The maximum atomic E-state index is 14.7. The number of unbranched alkanes of at least 4 members (excludes halogenated alkanes) is 1. The summed E-state index contributed by atoms with van der Waals surface area (Å²) in [7, 11) is 0. The van der Waals surface area contributed by atoms with Gasteiger partial charge in [0.05, 0.1) is 29.3 Å². The van der Waals surface area contributed by atoms with Crippen LogP contribution in [0.1, 0.15) is 38.2 Å². The number of hydrogen-bond donors (Lipinski definition) is 2. The van der Waals surface area contributed by atoms with Gasteiger partial charge in [0.25, 0.3) is 5.91 Å². The van der Waals surface area contributed by atoms with Crippen LogP contribution in [-0.2, 0) is 28.7 Å². The summed E-state index contributed by atoms with van der Waals surface area (Å²) in [4.78, 5) is 57.7. The molecule has 4 aliphatic rings. The highest BCUT2D eigenvalue weighted by Gasteiger charge is 2.73. The number of nitrogens with one attached hydrogen (secondary N) is 1. The summed E-state index contributed by atoms with van der Waals surface area (Å²) in [5.41, 5.74) is -0.0645. The van der Waals surface area contributed by atoms with E-state index in [0.717, 1.165) is 5.56 Å². The van der Waals surface area contributed by atoms with Crippen molar-refractivity contribution in [1.82, 2.24) is 10.2 Å². The Balaban J connectivity index is 1.61. The number of halogens is 1. The number of aryl methyl sites for hydroxylation is 1. The Bertz CT molecular complexity index is 1260. The SMILES string of the molecule is Cc1cccc(Cl)c1N1C/C=C\CCC(=O)NC[C@@H](C)OC(=O)[C@@H]2[C@@H]3C=C[C@]4(O3)[C@H](C1=O)N(CCCCO)C(=O)[C@@H]24. The van der Waals surface area contributed by atoms with E-state index in [4.69, 9.17) is 21.1 Å². The second-order valence-electron chi connectivity index (χ2n) is 11.1. The van der Waals surface area contributed by atoms with Crippen molar-refractivity contribution in [3.63, 3.8) is 0 Å². The molecule has 2 N–H and O–H groups in total. The lowest BCUT2D eigenvalue weighted by Crippen LogP contribution is -2.56. The van der Waals surface area contributed by atoms with E-state index in [1.54, 1.807) is 36.1 Å². The second kappa shape index (κ2) is 12.0. The summed E-state index contributed by atoms with van der Waals surface area (Å²) in [6.45, 7) is 3.99. The molecule has 2 fully saturated rings. The van der Waals surface area contributed by atoms with Gasteiger partial charge in [0.2, 0.25) is 11.8 Å². The van der Waals surface area contributed by atoms with Gasteiger partial charge in [-0.25, -0.2) is 0 Å². The van der Waals surface area contributed by atoms with Gasteiger partial charge in [0.1, 0.15) is 23.7 Å². The lowest BCUT2D eigenvalue weighted by molar-refractivity contribution is -0.158. The zero-order chi connectivity index (χ0) is 29.3. The van der Waals surface area contributed by atoms with Crippen LogP contribution in [0.4, 0.5) is 5.69 Å². The van der Waals surface area contributed by atoms with Crippen LogP contribution in [0.2, 0.25) is 5.02 Å². The first kappa shape index (κ1) is 29.3. The number of carbonyl (C=O) groups is 4. The first-order valence-corrected chi connectivity index (χ1v) is 14.5. The van der Waals surface area contributed by atoms with E-state index in [9.17, 15) is 24.3 Å². The van der Waals surface area contributed by atoms with E-state index in [2.05, 4.69) is 5.32 Å². The standard InChI is InChI=1S/C30H36ClN3O7/c1-18-9-8-10-20(31)25(18)33-14-5-3-4-11-22(36)32-17-19(2)40-29(39)23-21-12-13-30(41-21)24(23)27(37)34(15-6-7-16-35)26(30)28(33)38/h3,5,8-10,12-13,19,21,23-24,26,35H,4,6-7,11,14-17H2,1-2H3,(H,32,36)/b5-3-/t19-,21+,23-,24-,26+,30-/m1/s1. The minimum absolute atomic E-state index is 0.0488. The van der Waals surface area contributed by atoms with Crippen LogP contribution in [0.3, 0.4) is 0 Å². The third-order valence-electron chi connectivity index (χ3n) is 8.31. The van der Waals surface area contributed by atoms with Gasteiger partial charge in [-0.3, -0.25) is 19.2 Å². The first-order chi connectivity index (χ1) is 19.7. The molecule has 0 saturated carbocycles. The van der Waals surface area contributed by atoms with Crippen LogP contribution in [0.15, 0.2) is 42.5 Å². The summed E-state index contributed by atoms with van der Waals surface area (Å²) in [5, 5.41) is 12.6. The Labute approximate surface area is 244 Å². The lowest BCUT2D eigenvalue weighted by atomic mass is 9.74. The van der Waals surface area contributed by atoms with Gasteiger partial charge >= 0.3 is 5.97 Å². The van der Waals surface area contributed by atoms with Crippen LogP contribution < -0.4 is 10.2 Å². The Morgan fingerprint density at radius 2 is 1.95 bits per heavy atom. The first-order valence-electron chi connectivity index (χ1n) is 14.2. The van der Waals surface area contributed by atoms with Gasteiger partial charge in [-0.1, -0.05) is 48.0 Å². The number of rotatable bonds is 5. The molecule has 41 heavy (non-hydrogen) atoms. The number of benzene rings is 1. The monoisotopic (exact) mass is 585 g/mol. The third-order valence-corrected chi connectivity index (χ3v) is 8.61. The molecule has 2 saturated heterocycles. The fraction of sp³-hybridized carbons (Fsp3) is 0.533. The highest BCUT2D eigenvalue weighted by molar-refractivity contribution is 6.34. The molecule has 1 aromatic rings. The molecule has 0 aromatic heterocycles. The molecular weight excluding hydrogens is 550 g/mol. The molecule has 6 atom stereocenters. The van der Waals surface area contributed by atoms with E-state index in [1.165, 1.54) is 4.90 Å². The molecule has 1 spiro atoms. The molecule has 4 heterocycles. The van der Waals surface area contributed by atoms with Gasteiger partial charge in [-0.15, -0.1) is 0 Å². The topological polar surface area (TPSA) is 125 Å². The van der Waals surface area contributed by atoms with Gasteiger partial charge in [0, 0.05) is 26.1 Å². The molecule has 4 aliphatic heterocycles. The number of likely N-dealkylation sites (tertiary alicyclic amines) is 1. The minimum Gasteiger partial charge on any atom is -0.460 e. The highest BCUT2D eigenvalue weighted by atomic mass is 35.5. The Morgan fingerprint density at radius 3 is 2.71 bits per heavy atom. The zero-order valence-electron chi connectivity index (χ0n) is 23.3. The number of aliphatic hydroxyl groups is 1. The fourth-order valence-electron chi connectivity index (χ4n) is 6.43. The van der Waals surface area contributed by atoms with Crippen molar-refractivity contribution < 1.29 is 33.8 Å². The highest BCUT2D eigenvalue weighted by Crippen LogP contribution is 2.56. The van der Waals surface area contributed by atoms with Crippen molar-refractivity contribution in [2.75, 3.05) is 31.1 Å². The molecule has 11 heteroatoms. The van der Waals surface area contributed by atoms with E-state index in [1.807, 2.05) is 25.1 Å². The van der Waals surface area contributed by atoms with E-state index in [-0.39, 0.29) is 50.4 Å².